The minimum atomic E-state index is -1.03. The second-order valence-electron chi connectivity index (χ2n) is 3.64. The molecule has 0 aromatic heterocycles. The Kier molecular flexibility index (Phi) is 10.4. The molecule has 0 bridgehead atoms. The topological polar surface area (TPSA) is 41.1 Å². The summed E-state index contributed by atoms with van der Waals surface area (Å²) in [6, 6.07) is 9.84. The van der Waals surface area contributed by atoms with Gasteiger partial charge in [0.05, 0.1) is 16.6 Å². The molecule has 0 amide bonds. The molecule has 1 atom stereocenters. The van der Waals surface area contributed by atoms with Gasteiger partial charge in [-0.25, -0.2) is 0 Å². The van der Waals surface area contributed by atoms with Gasteiger partial charge in [-0.05, 0) is 24.1 Å². The second kappa shape index (κ2) is 11.3. The third-order valence-corrected chi connectivity index (χ3v) is 3.55. The Hall–Kier alpha value is -1.55. The van der Waals surface area contributed by atoms with Gasteiger partial charge >= 0.3 is 0 Å². The van der Waals surface area contributed by atoms with Crippen molar-refractivity contribution in [2.75, 3.05) is 0 Å². The monoisotopic (exact) mass is 294 g/mol. The average molecular weight is 294 g/mol. The molecule has 0 spiro atoms. The molecule has 4 heteroatoms. The van der Waals surface area contributed by atoms with Crippen LogP contribution in [0.2, 0.25) is 0 Å². The third kappa shape index (κ3) is 6.57. The molecule has 20 heavy (non-hydrogen) atoms. The Bertz CT molecular complexity index is 453. The predicted molar refractivity (Wildman–Crippen MR) is 89.1 cm³/mol. The molecule has 1 aromatic carbocycles. The Balaban J connectivity index is 0.000000829. The molecule has 0 saturated carbocycles. The summed E-state index contributed by atoms with van der Waals surface area (Å²) >= 11 is 0. The summed E-state index contributed by atoms with van der Waals surface area (Å²) in [7, 11) is -1.03. The third-order valence-electron chi connectivity index (χ3n) is 2.24. The number of benzene rings is 1. The van der Waals surface area contributed by atoms with Crippen molar-refractivity contribution >= 4 is 10.8 Å². The van der Waals surface area contributed by atoms with E-state index in [1.165, 1.54) is 0 Å². The molecule has 2 N–H and O–H groups in total. The van der Waals surface area contributed by atoms with Crippen LogP contribution in [0, 0.1) is 0 Å². The molecule has 1 aromatic rings. The van der Waals surface area contributed by atoms with Crippen LogP contribution in [-0.2, 0) is 16.6 Å². The van der Waals surface area contributed by atoms with E-state index in [1.807, 2.05) is 77.2 Å². The summed E-state index contributed by atoms with van der Waals surface area (Å²) in [6.45, 7) is 9.97. The molecule has 0 saturated heterocycles. The molecule has 112 valence electrons. The van der Waals surface area contributed by atoms with Crippen LogP contribution in [0.1, 0.15) is 40.2 Å². The van der Waals surface area contributed by atoms with E-state index in [0.29, 0.717) is 5.75 Å². The van der Waals surface area contributed by atoms with Crippen molar-refractivity contribution in [3.05, 3.63) is 58.8 Å². The number of nitrogens with one attached hydrogen (secondary N) is 2. The summed E-state index contributed by atoms with van der Waals surface area (Å²) in [5.74, 6) is 0.536. The van der Waals surface area contributed by atoms with Crippen molar-refractivity contribution < 1.29 is 4.21 Å². The smallest absolute Gasteiger partial charge is 0.119 e. The zero-order valence-corrected chi connectivity index (χ0v) is 13.9. The summed E-state index contributed by atoms with van der Waals surface area (Å²) in [6.07, 6.45) is 3.73. The fraction of sp³-hybridized carbons (Fsp3) is 0.375. The van der Waals surface area contributed by atoms with Crippen LogP contribution in [0.25, 0.3) is 0 Å². The predicted octanol–water partition coefficient (Wildman–Crippen LogP) is 3.84. The number of hydrazine groups is 1. The molecule has 2 rings (SSSR count). The molecule has 0 radical (unpaired) electrons. The van der Waals surface area contributed by atoms with E-state index >= 15 is 0 Å². The van der Waals surface area contributed by atoms with E-state index in [-0.39, 0.29) is 0 Å². The SMILES string of the molecule is CC.CC.CC1=CNNC(S(=O)Cc2ccccc2)=C1. The molecule has 1 heterocycles. The highest BCUT2D eigenvalue weighted by Crippen LogP contribution is 2.11. The van der Waals surface area contributed by atoms with Crippen LogP contribution < -0.4 is 10.9 Å². The van der Waals surface area contributed by atoms with Gasteiger partial charge in [0.15, 0.2) is 0 Å². The first-order chi connectivity index (χ1) is 9.75. The summed E-state index contributed by atoms with van der Waals surface area (Å²) in [5.41, 5.74) is 7.93. The van der Waals surface area contributed by atoms with Gasteiger partial charge in [-0.2, -0.15) is 0 Å². The molecule has 0 fully saturated rings. The lowest BCUT2D eigenvalue weighted by Crippen LogP contribution is -2.31. The van der Waals surface area contributed by atoms with Crippen molar-refractivity contribution in [1.29, 1.82) is 0 Å². The van der Waals surface area contributed by atoms with E-state index < -0.39 is 10.8 Å². The van der Waals surface area contributed by atoms with E-state index in [2.05, 4.69) is 10.9 Å². The van der Waals surface area contributed by atoms with E-state index in [4.69, 9.17) is 0 Å². The van der Waals surface area contributed by atoms with Gasteiger partial charge in [0.1, 0.15) is 5.03 Å². The number of hydrogen-bond donors (Lipinski definition) is 2. The first-order valence-corrected chi connectivity index (χ1v) is 8.40. The lowest BCUT2D eigenvalue weighted by atomic mass is 10.2. The fourth-order valence-corrected chi connectivity index (χ4v) is 2.57. The number of allylic oxidation sites excluding steroid dienone is 2. The quantitative estimate of drug-likeness (QED) is 0.890. The van der Waals surface area contributed by atoms with E-state index in [0.717, 1.165) is 16.2 Å². The van der Waals surface area contributed by atoms with Crippen LogP contribution in [0.5, 0.6) is 0 Å². The molecule has 1 unspecified atom stereocenters. The van der Waals surface area contributed by atoms with Gasteiger partial charge in [0.2, 0.25) is 0 Å². The molecule has 1 aliphatic rings. The zero-order chi connectivity index (χ0) is 15.4. The normalized spacial score (nSPS) is 13.8. The van der Waals surface area contributed by atoms with Crippen LogP contribution in [0.3, 0.4) is 0 Å². The Morgan fingerprint density at radius 2 is 1.65 bits per heavy atom. The maximum Gasteiger partial charge on any atom is 0.119 e. The zero-order valence-electron chi connectivity index (χ0n) is 13.1. The van der Waals surface area contributed by atoms with Crippen LogP contribution >= 0.6 is 0 Å². The Morgan fingerprint density at radius 1 is 1.05 bits per heavy atom. The molecular weight excluding hydrogens is 268 g/mol. The van der Waals surface area contributed by atoms with Crippen molar-refractivity contribution in [2.45, 2.75) is 40.4 Å². The van der Waals surface area contributed by atoms with Crippen LogP contribution in [0.15, 0.2) is 53.2 Å². The molecule has 1 aliphatic heterocycles. The van der Waals surface area contributed by atoms with Gasteiger partial charge in [0.25, 0.3) is 0 Å². The Labute approximate surface area is 125 Å². The van der Waals surface area contributed by atoms with Crippen molar-refractivity contribution in [3.8, 4) is 0 Å². The maximum absolute atomic E-state index is 12.0. The largest absolute Gasteiger partial charge is 0.307 e. The molecule has 3 nitrogen and oxygen atoms in total. The van der Waals surface area contributed by atoms with Crippen molar-refractivity contribution in [2.24, 2.45) is 0 Å². The second-order valence-corrected chi connectivity index (χ2v) is 5.06. The average Bonchev–Trinajstić information content (AvgIpc) is 2.52. The van der Waals surface area contributed by atoms with E-state index in [9.17, 15) is 4.21 Å². The number of hydrogen-bond acceptors (Lipinski definition) is 3. The molecular formula is C16H26N2OS. The van der Waals surface area contributed by atoms with Gasteiger partial charge in [-0.3, -0.25) is 9.63 Å². The molecule has 0 aliphatic carbocycles. The Morgan fingerprint density at radius 3 is 2.20 bits per heavy atom. The highest BCUT2D eigenvalue weighted by molar-refractivity contribution is 7.88. The van der Waals surface area contributed by atoms with Gasteiger partial charge in [-0.1, -0.05) is 58.0 Å². The summed E-state index contributed by atoms with van der Waals surface area (Å²) in [5, 5.41) is 0.726. The lowest BCUT2D eigenvalue weighted by Gasteiger charge is -2.15. The van der Waals surface area contributed by atoms with Gasteiger partial charge < -0.3 is 5.43 Å². The fourth-order valence-electron chi connectivity index (χ4n) is 1.43. The minimum Gasteiger partial charge on any atom is -0.307 e. The first-order valence-electron chi connectivity index (χ1n) is 7.08. The highest BCUT2D eigenvalue weighted by Gasteiger charge is 2.10. The van der Waals surface area contributed by atoms with Crippen molar-refractivity contribution in [1.82, 2.24) is 10.9 Å². The number of rotatable bonds is 3. The van der Waals surface area contributed by atoms with Gasteiger partial charge in [0, 0.05) is 6.20 Å². The highest BCUT2D eigenvalue weighted by atomic mass is 32.2. The van der Waals surface area contributed by atoms with Gasteiger partial charge in [-0.15, -0.1) is 0 Å². The lowest BCUT2D eigenvalue weighted by molar-refractivity contribution is 0.673. The standard InChI is InChI=1S/C12H14N2OS.2C2H6/c1-10-7-12(14-13-8-10)16(15)9-11-5-3-2-4-6-11;2*1-2/h2-8,13-14H,9H2,1H3;2*1-2H3. The maximum atomic E-state index is 12.0. The van der Waals surface area contributed by atoms with Crippen molar-refractivity contribution in [3.63, 3.8) is 0 Å². The van der Waals surface area contributed by atoms with Crippen LogP contribution in [-0.4, -0.2) is 4.21 Å². The minimum absolute atomic E-state index is 0.536. The van der Waals surface area contributed by atoms with Crippen LogP contribution in [0.4, 0.5) is 0 Å². The summed E-state index contributed by atoms with van der Waals surface area (Å²) in [4.78, 5) is 0. The van der Waals surface area contributed by atoms with E-state index in [1.54, 1.807) is 0 Å². The first kappa shape index (κ1) is 18.4. The summed E-state index contributed by atoms with van der Waals surface area (Å²) < 4.78 is 12.0.